The summed E-state index contributed by atoms with van der Waals surface area (Å²) in [5.74, 6) is -2.14. The zero-order valence-electron chi connectivity index (χ0n) is 14.3. The molecule has 0 saturated heterocycles. The Morgan fingerprint density at radius 1 is 1.14 bits per heavy atom. The van der Waals surface area contributed by atoms with Crippen molar-refractivity contribution in [2.45, 2.75) is 60.8 Å². The van der Waals surface area contributed by atoms with Crippen LogP contribution in [0.25, 0.3) is 0 Å². The lowest BCUT2D eigenvalue weighted by molar-refractivity contribution is -0.467. The molecule has 0 amide bonds. The Balaban J connectivity index is 3.39. The van der Waals surface area contributed by atoms with Gasteiger partial charge in [-0.1, -0.05) is 41.5 Å². The molecule has 0 heterocycles. The van der Waals surface area contributed by atoms with Gasteiger partial charge in [0.2, 0.25) is 0 Å². The summed E-state index contributed by atoms with van der Waals surface area (Å²) in [5.41, 5.74) is -1.68. The Labute approximate surface area is 131 Å². The summed E-state index contributed by atoms with van der Waals surface area (Å²) < 4.78 is 0. The molecule has 6 nitrogen and oxygen atoms in total. The first-order valence-electron chi connectivity index (χ1n) is 7.63. The molecule has 0 radical (unpaired) electrons. The molecule has 128 valence electrons. The molecule has 0 aliphatic heterocycles. The summed E-state index contributed by atoms with van der Waals surface area (Å²) in [7, 11) is 0. The van der Waals surface area contributed by atoms with Crippen LogP contribution in [0.5, 0.6) is 0 Å². The van der Waals surface area contributed by atoms with Crippen LogP contribution in [-0.4, -0.2) is 22.3 Å². The zero-order valence-corrected chi connectivity index (χ0v) is 14.3. The highest BCUT2D eigenvalue weighted by Gasteiger charge is 2.61. The second-order valence-electron chi connectivity index (χ2n) is 8.39. The van der Waals surface area contributed by atoms with Crippen LogP contribution in [0.3, 0.4) is 0 Å². The molecule has 3 atom stereocenters. The number of hydrogen-bond acceptors (Lipinski definition) is 5. The van der Waals surface area contributed by atoms with E-state index in [9.17, 15) is 14.7 Å². The number of rotatable bonds is 3. The number of carboxylic acids is 1. The summed E-state index contributed by atoms with van der Waals surface area (Å²) in [4.78, 5) is 28.5. The fraction of sp³-hybridized carbons (Fsp3) is 0.875. The predicted octanol–water partition coefficient (Wildman–Crippen LogP) is 3.51. The minimum atomic E-state index is -0.917. The maximum Gasteiger partial charge on any atom is 0.352 e. The van der Waals surface area contributed by atoms with Crippen molar-refractivity contribution in [1.82, 2.24) is 0 Å². The standard InChI is InChI=1S/C16H28O6/c1-14(2,3)11-9-10(12(17)18)7-8-16(11,15(4,5)6)13(19)21-22-20/h10-11,20H,7-9H2,1-6H3,(H,17,18). The van der Waals surface area contributed by atoms with Crippen molar-refractivity contribution in [2.75, 3.05) is 0 Å². The maximum absolute atomic E-state index is 12.6. The number of carbonyl (C=O) groups excluding carboxylic acids is 1. The summed E-state index contributed by atoms with van der Waals surface area (Å²) in [6, 6.07) is 0. The van der Waals surface area contributed by atoms with Gasteiger partial charge in [-0.25, -0.2) is 10.1 Å². The Morgan fingerprint density at radius 3 is 2.05 bits per heavy atom. The van der Waals surface area contributed by atoms with E-state index < -0.39 is 28.7 Å². The SMILES string of the molecule is CC(C)(C)C1CC(C(=O)O)CCC1(C(=O)OOO)C(C)(C)C. The van der Waals surface area contributed by atoms with Gasteiger partial charge in [-0.3, -0.25) is 9.68 Å². The molecular weight excluding hydrogens is 288 g/mol. The molecule has 0 bridgehead atoms. The Bertz CT molecular complexity index is 431. The predicted molar refractivity (Wildman–Crippen MR) is 79.6 cm³/mol. The number of carbonyl (C=O) groups is 2. The van der Waals surface area contributed by atoms with Crippen LogP contribution in [-0.2, 0) is 19.5 Å². The van der Waals surface area contributed by atoms with E-state index in [1.54, 1.807) is 0 Å². The largest absolute Gasteiger partial charge is 0.481 e. The number of hydrogen-bond donors (Lipinski definition) is 2. The average molecular weight is 316 g/mol. The lowest BCUT2D eigenvalue weighted by Gasteiger charge is -2.55. The highest BCUT2D eigenvalue weighted by atomic mass is 17.5. The van der Waals surface area contributed by atoms with Gasteiger partial charge in [-0.05, 0) is 41.0 Å². The molecule has 2 N–H and O–H groups in total. The van der Waals surface area contributed by atoms with Gasteiger partial charge in [0, 0.05) is 0 Å². The van der Waals surface area contributed by atoms with Crippen LogP contribution < -0.4 is 0 Å². The smallest absolute Gasteiger partial charge is 0.352 e. The molecule has 1 aliphatic carbocycles. The highest BCUT2D eigenvalue weighted by Crippen LogP contribution is 2.60. The van der Waals surface area contributed by atoms with E-state index in [4.69, 9.17) is 5.26 Å². The van der Waals surface area contributed by atoms with E-state index in [0.29, 0.717) is 19.3 Å². The fourth-order valence-corrected chi connectivity index (χ4v) is 4.05. The van der Waals surface area contributed by atoms with Gasteiger partial charge < -0.3 is 5.11 Å². The minimum absolute atomic E-state index is 0.211. The molecule has 0 aromatic rings. The van der Waals surface area contributed by atoms with E-state index >= 15 is 0 Å². The minimum Gasteiger partial charge on any atom is -0.481 e. The third kappa shape index (κ3) is 3.27. The van der Waals surface area contributed by atoms with Gasteiger partial charge in [0.15, 0.2) is 0 Å². The highest BCUT2D eigenvalue weighted by molar-refractivity contribution is 5.79. The van der Waals surface area contributed by atoms with Crippen LogP contribution in [0.2, 0.25) is 0 Å². The molecule has 1 rings (SSSR count). The lowest BCUT2D eigenvalue weighted by atomic mass is 9.47. The van der Waals surface area contributed by atoms with Crippen LogP contribution in [0, 0.1) is 28.1 Å². The van der Waals surface area contributed by atoms with Gasteiger partial charge in [0.05, 0.1) is 11.3 Å². The van der Waals surface area contributed by atoms with E-state index in [-0.39, 0.29) is 11.3 Å². The molecule has 22 heavy (non-hydrogen) atoms. The van der Waals surface area contributed by atoms with Crippen LogP contribution in [0.4, 0.5) is 0 Å². The summed E-state index contributed by atoms with van der Waals surface area (Å²) >= 11 is 0. The first kappa shape index (κ1) is 18.9. The lowest BCUT2D eigenvalue weighted by Crippen LogP contribution is -2.56. The van der Waals surface area contributed by atoms with Gasteiger partial charge in [0.1, 0.15) is 0 Å². The molecule has 1 aliphatic rings. The molecule has 0 spiro atoms. The van der Waals surface area contributed by atoms with E-state index in [2.05, 4.69) is 9.93 Å². The second-order valence-corrected chi connectivity index (χ2v) is 8.39. The number of aliphatic carboxylic acids is 1. The van der Waals surface area contributed by atoms with Crippen molar-refractivity contribution in [3.8, 4) is 0 Å². The molecule has 1 fully saturated rings. The molecule has 1 saturated carbocycles. The van der Waals surface area contributed by atoms with Crippen molar-refractivity contribution in [1.29, 1.82) is 0 Å². The van der Waals surface area contributed by atoms with Crippen molar-refractivity contribution in [3.05, 3.63) is 0 Å². The number of carboxylic acid groups (broad SMARTS) is 1. The van der Waals surface area contributed by atoms with Gasteiger partial charge >= 0.3 is 11.9 Å². The summed E-state index contributed by atoms with van der Waals surface area (Å²) in [5, 5.41) is 21.5. The van der Waals surface area contributed by atoms with E-state index in [0.717, 1.165) is 0 Å². The Kier molecular flexibility index (Phi) is 5.30. The molecule has 0 aromatic carbocycles. The second kappa shape index (κ2) is 6.16. The van der Waals surface area contributed by atoms with Crippen molar-refractivity contribution in [2.24, 2.45) is 28.1 Å². The average Bonchev–Trinajstić information content (AvgIpc) is 2.35. The first-order valence-corrected chi connectivity index (χ1v) is 7.63. The Hall–Kier alpha value is -1.14. The molecule has 0 aromatic heterocycles. The third-order valence-corrected chi connectivity index (χ3v) is 5.21. The molecule has 6 heteroatoms. The third-order valence-electron chi connectivity index (χ3n) is 5.21. The van der Waals surface area contributed by atoms with Crippen molar-refractivity contribution < 1.29 is 29.9 Å². The zero-order chi connectivity index (χ0) is 17.3. The maximum atomic E-state index is 12.6. The van der Waals surface area contributed by atoms with Gasteiger partial charge in [-0.15, -0.1) is 0 Å². The van der Waals surface area contributed by atoms with E-state index in [1.807, 2.05) is 41.5 Å². The van der Waals surface area contributed by atoms with Gasteiger partial charge in [-0.2, -0.15) is 0 Å². The first-order chi connectivity index (χ1) is 9.88. The van der Waals surface area contributed by atoms with E-state index in [1.165, 1.54) is 0 Å². The Morgan fingerprint density at radius 2 is 1.68 bits per heavy atom. The van der Waals surface area contributed by atoms with Crippen LogP contribution in [0.1, 0.15) is 60.8 Å². The van der Waals surface area contributed by atoms with Crippen LogP contribution in [0.15, 0.2) is 0 Å². The summed E-state index contributed by atoms with van der Waals surface area (Å²) in [6.45, 7) is 11.8. The van der Waals surface area contributed by atoms with Crippen LogP contribution >= 0.6 is 0 Å². The quantitative estimate of drug-likeness (QED) is 0.611. The van der Waals surface area contributed by atoms with Crippen molar-refractivity contribution in [3.63, 3.8) is 0 Å². The monoisotopic (exact) mass is 316 g/mol. The molecule has 3 unspecified atom stereocenters. The van der Waals surface area contributed by atoms with Gasteiger partial charge in [0.25, 0.3) is 0 Å². The molecular formula is C16H28O6. The summed E-state index contributed by atoms with van der Waals surface area (Å²) in [6.07, 6.45) is 1.19. The fourth-order valence-electron chi connectivity index (χ4n) is 4.05. The topological polar surface area (TPSA) is 93.1 Å². The normalized spacial score (nSPS) is 30.0. The van der Waals surface area contributed by atoms with Crippen molar-refractivity contribution >= 4 is 11.9 Å².